The van der Waals surface area contributed by atoms with Crippen LogP contribution in [-0.2, 0) is 0 Å². The lowest BCUT2D eigenvalue weighted by Crippen LogP contribution is -2.23. The second-order valence-electron chi connectivity index (χ2n) is 4.35. The molecule has 0 bridgehead atoms. The molecule has 18 heavy (non-hydrogen) atoms. The van der Waals surface area contributed by atoms with E-state index >= 15 is 0 Å². The molecule has 1 unspecified atom stereocenters. The van der Waals surface area contributed by atoms with E-state index in [-0.39, 0.29) is 6.04 Å². The minimum atomic E-state index is 0.213. The highest BCUT2D eigenvalue weighted by molar-refractivity contribution is 6.30. The zero-order valence-electron chi connectivity index (χ0n) is 10.6. The molecule has 0 aliphatic rings. The lowest BCUT2D eigenvalue weighted by molar-refractivity contribution is 0.598. The molecule has 0 aliphatic carbocycles. The van der Waals surface area contributed by atoms with E-state index in [2.05, 4.69) is 42.6 Å². The maximum absolute atomic E-state index is 6.08. The molecule has 94 valence electrons. The predicted molar refractivity (Wildman–Crippen MR) is 78.0 cm³/mol. The smallest absolute Gasteiger partial charge is 0.0577 e. The Morgan fingerprint density at radius 3 is 2.39 bits per heavy atom. The summed E-state index contributed by atoms with van der Waals surface area (Å²) in [6, 6.07) is 18.7. The first kappa shape index (κ1) is 13.1. The summed E-state index contributed by atoms with van der Waals surface area (Å²) in [5.74, 6) is 0. The molecule has 0 heterocycles. The molecule has 0 amide bonds. The summed E-state index contributed by atoms with van der Waals surface area (Å²) >= 11 is 6.08. The minimum Gasteiger partial charge on any atom is -0.306 e. The van der Waals surface area contributed by atoms with E-state index < -0.39 is 0 Å². The van der Waals surface area contributed by atoms with Gasteiger partial charge in [-0.15, -0.1) is 0 Å². The van der Waals surface area contributed by atoms with E-state index in [1.165, 1.54) is 11.1 Å². The SMILES string of the molecule is CCCNC(c1ccccc1)c1cccc(Cl)c1. The minimum absolute atomic E-state index is 0.213. The van der Waals surface area contributed by atoms with Crippen LogP contribution in [0.25, 0.3) is 0 Å². The lowest BCUT2D eigenvalue weighted by Gasteiger charge is -2.19. The Labute approximate surface area is 114 Å². The van der Waals surface area contributed by atoms with Crippen LogP contribution in [0.5, 0.6) is 0 Å². The van der Waals surface area contributed by atoms with Crippen LogP contribution >= 0.6 is 11.6 Å². The average Bonchev–Trinajstić information content (AvgIpc) is 2.40. The Morgan fingerprint density at radius 2 is 1.72 bits per heavy atom. The Hall–Kier alpha value is -1.31. The van der Waals surface area contributed by atoms with E-state index in [4.69, 9.17) is 11.6 Å². The number of hydrogen-bond acceptors (Lipinski definition) is 1. The summed E-state index contributed by atoms with van der Waals surface area (Å²) in [4.78, 5) is 0. The molecule has 0 saturated carbocycles. The molecule has 0 radical (unpaired) electrons. The van der Waals surface area contributed by atoms with Gasteiger partial charge < -0.3 is 5.32 Å². The van der Waals surface area contributed by atoms with Gasteiger partial charge in [0.15, 0.2) is 0 Å². The first-order valence-corrected chi connectivity index (χ1v) is 6.73. The van der Waals surface area contributed by atoms with Crippen molar-refractivity contribution in [1.82, 2.24) is 5.32 Å². The van der Waals surface area contributed by atoms with E-state index in [1.54, 1.807) is 0 Å². The fourth-order valence-electron chi connectivity index (χ4n) is 2.05. The van der Waals surface area contributed by atoms with E-state index in [1.807, 2.05) is 24.3 Å². The van der Waals surface area contributed by atoms with Crippen molar-refractivity contribution >= 4 is 11.6 Å². The summed E-state index contributed by atoms with van der Waals surface area (Å²) in [6.07, 6.45) is 1.11. The molecular formula is C16H18ClN. The van der Waals surface area contributed by atoms with Gasteiger partial charge in [-0.05, 0) is 36.2 Å². The maximum Gasteiger partial charge on any atom is 0.0577 e. The second kappa shape index (κ2) is 6.58. The highest BCUT2D eigenvalue weighted by atomic mass is 35.5. The average molecular weight is 260 g/mol. The zero-order valence-corrected chi connectivity index (χ0v) is 11.3. The van der Waals surface area contributed by atoms with Gasteiger partial charge in [0.2, 0.25) is 0 Å². The van der Waals surface area contributed by atoms with Crippen LogP contribution in [0.3, 0.4) is 0 Å². The van der Waals surface area contributed by atoms with Gasteiger partial charge in [-0.2, -0.15) is 0 Å². The number of benzene rings is 2. The molecule has 0 saturated heterocycles. The summed E-state index contributed by atoms with van der Waals surface area (Å²) in [6.45, 7) is 3.17. The van der Waals surface area contributed by atoms with Crippen LogP contribution in [0, 0.1) is 0 Å². The Morgan fingerprint density at radius 1 is 1.00 bits per heavy atom. The third-order valence-corrected chi connectivity index (χ3v) is 3.15. The van der Waals surface area contributed by atoms with Crippen LogP contribution < -0.4 is 5.32 Å². The summed E-state index contributed by atoms with van der Waals surface area (Å²) in [5.41, 5.74) is 2.48. The zero-order chi connectivity index (χ0) is 12.8. The first-order valence-electron chi connectivity index (χ1n) is 6.35. The highest BCUT2D eigenvalue weighted by Gasteiger charge is 2.12. The summed E-state index contributed by atoms with van der Waals surface area (Å²) in [7, 11) is 0. The fraction of sp³-hybridized carbons (Fsp3) is 0.250. The Bertz CT molecular complexity index is 481. The molecule has 0 fully saturated rings. The molecule has 1 atom stereocenters. The van der Waals surface area contributed by atoms with Gasteiger partial charge in [-0.3, -0.25) is 0 Å². The van der Waals surface area contributed by atoms with Crippen molar-refractivity contribution in [2.75, 3.05) is 6.54 Å². The van der Waals surface area contributed by atoms with Crippen LogP contribution in [0.2, 0.25) is 5.02 Å². The molecular weight excluding hydrogens is 242 g/mol. The lowest BCUT2D eigenvalue weighted by atomic mass is 9.98. The van der Waals surface area contributed by atoms with Crippen LogP contribution in [0.1, 0.15) is 30.5 Å². The Kier molecular flexibility index (Phi) is 4.80. The van der Waals surface area contributed by atoms with Crippen molar-refractivity contribution < 1.29 is 0 Å². The van der Waals surface area contributed by atoms with Crippen molar-refractivity contribution in [3.05, 3.63) is 70.7 Å². The maximum atomic E-state index is 6.08. The molecule has 2 heteroatoms. The number of halogens is 1. The van der Waals surface area contributed by atoms with Crippen molar-refractivity contribution in [3.8, 4) is 0 Å². The molecule has 1 N–H and O–H groups in total. The first-order chi connectivity index (χ1) is 8.81. The van der Waals surface area contributed by atoms with Gasteiger partial charge in [0.05, 0.1) is 6.04 Å². The third kappa shape index (κ3) is 3.34. The fourth-order valence-corrected chi connectivity index (χ4v) is 2.25. The van der Waals surface area contributed by atoms with Crippen LogP contribution in [0.15, 0.2) is 54.6 Å². The topological polar surface area (TPSA) is 12.0 Å². The van der Waals surface area contributed by atoms with Crippen LogP contribution in [-0.4, -0.2) is 6.54 Å². The number of hydrogen-bond donors (Lipinski definition) is 1. The normalized spacial score (nSPS) is 12.3. The van der Waals surface area contributed by atoms with Gasteiger partial charge in [0, 0.05) is 5.02 Å². The van der Waals surface area contributed by atoms with E-state index in [0.29, 0.717) is 0 Å². The van der Waals surface area contributed by atoms with Gasteiger partial charge >= 0.3 is 0 Å². The molecule has 1 nitrogen and oxygen atoms in total. The molecule has 2 rings (SSSR count). The van der Waals surface area contributed by atoms with Crippen LogP contribution in [0.4, 0.5) is 0 Å². The molecule has 0 spiro atoms. The predicted octanol–water partition coefficient (Wildman–Crippen LogP) is 4.43. The van der Waals surface area contributed by atoms with Crippen molar-refractivity contribution in [2.24, 2.45) is 0 Å². The van der Waals surface area contributed by atoms with Gasteiger partial charge in [-0.1, -0.05) is 61.0 Å². The quantitative estimate of drug-likeness (QED) is 0.838. The number of nitrogens with one attached hydrogen (secondary N) is 1. The van der Waals surface area contributed by atoms with Gasteiger partial charge in [0.25, 0.3) is 0 Å². The van der Waals surface area contributed by atoms with E-state index in [9.17, 15) is 0 Å². The number of rotatable bonds is 5. The second-order valence-corrected chi connectivity index (χ2v) is 4.79. The molecule has 0 aromatic heterocycles. The van der Waals surface area contributed by atoms with Crippen molar-refractivity contribution in [1.29, 1.82) is 0 Å². The van der Waals surface area contributed by atoms with Crippen molar-refractivity contribution in [3.63, 3.8) is 0 Å². The summed E-state index contributed by atoms with van der Waals surface area (Å²) in [5, 5.41) is 4.35. The molecule has 2 aromatic rings. The largest absolute Gasteiger partial charge is 0.306 e. The van der Waals surface area contributed by atoms with E-state index in [0.717, 1.165) is 18.0 Å². The van der Waals surface area contributed by atoms with Gasteiger partial charge in [0.1, 0.15) is 0 Å². The van der Waals surface area contributed by atoms with Crippen molar-refractivity contribution in [2.45, 2.75) is 19.4 Å². The van der Waals surface area contributed by atoms with Gasteiger partial charge in [-0.25, -0.2) is 0 Å². The molecule has 2 aromatic carbocycles. The summed E-state index contributed by atoms with van der Waals surface area (Å²) < 4.78 is 0. The monoisotopic (exact) mass is 259 g/mol. The third-order valence-electron chi connectivity index (χ3n) is 2.91. The Balaban J connectivity index is 2.31. The highest BCUT2D eigenvalue weighted by Crippen LogP contribution is 2.24. The standard InChI is InChI=1S/C16H18ClN/c1-2-11-18-16(13-7-4-3-5-8-13)14-9-6-10-15(17)12-14/h3-10,12,16,18H,2,11H2,1H3. The molecule has 0 aliphatic heterocycles.